The number of carbonyl (C=O) groups excluding carboxylic acids is 3. The van der Waals surface area contributed by atoms with Crippen LogP contribution < -0.4 is 0 Å². The van der Waals surface area contributed by atoms with Gasteiger partial charge >= 0.3 is 17.9 Å². The number of rotatable bonds is 0. The van der Waals surface area contributed by atoms with E-state index in [1.807, 2.05) is 0 Å². The third-order valence-corrected chi connectivity index (χ3v) is 8.95. The number of fused-ring (bicyclic) bond motifs is 1. The number of hydrogen-bond donors (Lipinski definition) is 4. The highest BCUT2D eigenvalue weighted by atomic mass is 16.8. The Balaban J connectivity index is 1.75. The minimum Gasteiger partial charge on any atom is -0.456 e. The molecular formula is C20H24O11. The van der Waals surface area contributed by atoms with Crippen molar-refractivity contribution in [2.24, 2.45) is 28.1 Å². The van der Waals surface area contributed by atoms with Crippen molar-refractivity contribution >= 4 is 17.9 Å². The van der Waals surface area contributed by atoms with Crippen molar-refractivity contribution in [2.45, 2.75) is 75.7 Å². The Morgan fingerprint density at radius 2 is 1.58 bits per heavy atom. The van der Waals surface area contributed by atoms with Crippen LogP contribution >= 0.6 is 0 Å². The Morgan fingerprint density at radius 1 is 0.935 bits per heavy atom. The fourth-order valence-electron chi connectivity index (χ4n) is 8.27. The van der Waals surface area contributed by atoms with Crippen LogP contribution in [-0.2, 0) is 33.3 Å². The smallest absolute Gasteiger partial charge is 0.343 e. The van der Waals surface area contributed by atoms with E-state index in [2.05, 4.69) is 0 Å². The number of carbonyl (C=O) groups is 3. The quantitative estimate of drug-likeness (QED) is 0.234. The van der Waals surface area contributed by atoms with Gasteiger partial charge in [-0.05, 0) is 12.3 Å². The largest absolute Gasteiger partial charge is 0.456 e. The molecule has 2 saturated carbocycles. The Kier molecular flexibility index (Phi) is 3.15. The second-order valence-electron chi connectivity index (χ2n) is 10.8. The molecule has 170 valence electrons. The van der Waals surface area contributed by atoms with Gasteiger partial charge in [0.2, 0.25) is 11.9 Å². The van der Waals surface area contributed by atoms with Crippen LogP contribution in [0.2, 0.25) is 0 Å². The van der Waals surface area contributed by atoms with Gasteiger partial charge in [-0.1, -0.05) is 20.8 Å². The lowest BCUT2D eigenvalue weighted by molar-refractivity contribution is -0.240. The minimum absolute atomic E-state index is 0.792. The fraction of sp³-hybridized carbons (Fsp3) is 0.850. The molecular weight excluding hydrogens is 416 g/mol. The minimum atomic E-state index is -2.40. The van der Waals surface area contributed by atoms with E-state index >= 15 is 0 Å². The molecule has 4 saturated heterocycles. The first-order valence-electron chi connectivity index (χ1n) is 10.3. The lowest BCUT2D eigenvalue weighted by Crippen LogP contribution is -2.67. The lowest BCUT2D eigenvalue weighted by atomic mass is 9.51. The van der Waals surface area contributed by atoms with E-state index in [0.717, 1.165) is 0 Å². The third kappa shape index (κ3) is 1.43. The summed E-state index contributed by atoms with van der Waals surface area (Å²) in [6.07, 6.45) is -9.69. The molecule has 0 aromatic carbocycles. The van der Waals surface area contributed by atoms with Crippen molar-refractivity contribution in [3.8, 4) is 0 Å². The summed E-state index contributed by atoms with van der Waals surface area (Å²) >= 11 is 0. The molecule has 2 aliphatic carbocycles. The van der Waals surface area contributed by atoms with E-state index < -0.39 is 94.0 Å². The van der Waals surface area contributed by atoms with E-state index in [9.17, 15) is 34.8 Å². The summed E-state index contributed by atoms with van der Waals surface area (Å²) in [6.45, 7) is 6.63. The topological polar surface area (TPSA) is 169 Å². The Bertz CT molecular complexity index is 957. The van der Waals surface area contributed by atoms with Crippen LogP contribution in [0.1, 0.15) is 27.7 Å². The van der Waals surface area contributed by atoms with Gasteiger partial charge in [0.1, 0.15) is 12.2 Å². The zero-order valence-electron chi connectivity index (χ0n) is 17.3. The van der Waals surface area contributed by atoms with E-state index in [1.165, 1.54) is 6.92 Å². The van der Waals surface area contributed by atoms with E-state index in [4.69, 9.17) is 18.9 Å². The van der Waals surface area contributed by atoms with Gasteiger partial charge in [0.25, 0.3) is 0 Å². The van der Waals surface area contributed by atoms with E-state index in [-0.39, 0.29) is 0 Å². The predicted molar refractivity (Wildman–Crippen MR) is 93.4 cm³/mol. The molecule has 0 radical (unpaired) electrons. The molecule has 11 heteroatoms. The summed E-state index contributed by atoms with van der Waals surface area (Å²) < 4.78 is 22.2. The van der Waals surface area contributed by atoms with Crippen LogP contribution in [0, 0.1) is 28.1 Å². The molecule has 6 rings (SSSR count). The lowest BCUT2D eigenvalue weighted by Gasteiger charge is -2.47. The highest BCUT2D eigenvalue weighted by Gasteiger charge is 3.05. The maximum absolute atomic E-state index is 13.4. The molecule has 4 heterocycles. The van der Waals surface area contributed by atoms with Crippen molar-refractivity contribution in [3.63, 3.8) is 0 Å². The molecule has 2 spiro atoms. The normalized spacial score (nSPS) is 61.0. The first-order chi connectivity index (χ1) is 14.3. The van der Waals surface area contributed by atoms with Gasteiger partial charge in [0, 0.05) is 5.92 Å². The second kappa shape index (κ2) is 4.91. The van der Waals surface area contributed by atoms with Gasteiger partial charge < -0.3 is 39.4 Å². The summed E-state index contributed by atoms with van der Waals surface area (Å²) in [5.74, 6) is -5.22. The zero-order valence-corrected chi connectivity index (χ0v) is 17.3. The average Bonchev–Trinajstić information content (AvgIpc) is 3.35. The van der Waals surface area contributed by atoms with Crippen LogP contribution in [0.3, 0.4) is 0 Å². The van der Waals surface area contributed by atoms with Crippen LogP contribution in [0.5, 0.6) is 0 Å². The molecule has 0 amide bonds. The van der Waals surface area contributed by atoms with E-state index in [0.29, 0.717) is 0 Å². The zero-order chi connectivity index (χ0) is 22.7. The van der Waals surface area contributed by atoms with Crippen molar-refractivity contribution in [2.75, 3.05) is 0 Å². The molecule has 12 atom stereocenters. The van der Waals surface area contributed by atoms with Crippen molar-refractivity contribution in [3.05, 3.63) is 0 Å². The summed E-state index contributed by atoms with van der Waals surface area (Å²) in [6, 6.07) is 0. The molecule has 11 nitrogen and oxygen atoms in total. The third-order valence-electron chi connectivity index (χ3n) is 8.95. The van der Waals surface area contributed by atoms with Gasteiger partial charge in [-0.3, -0.25) is 4.79 Å². The molecule has 31 heavy (non-hydrogen) atoms. The molecule has 0 aromatic heterocycles. The van der Waals surface area contributed by atoms with Gasteiger partial charge in [-0.25, -0.2) is 9.59 Å². The first kappa shape index (κ1) is 19.9. The van der Waals surface area contributed by atoms with Crippen molar-refractivity contribution in [1.82, 2.24) is 0 Å². The molecule has 6 aliphatic rings. The second-order valence-corrected chi connectivity index (χ2v) is 10.8. The number of esters is 3. The van der Waals surface area contributed by atoms with Gasteiger partial charge in [-0.2, -0.15) is 0 Å². The maximum atomic E-state index is 13.4. The Labute approximate surface area is 176 Å². The van der Waals surface area contributed by atoms with Crippen LogP contribution in [-0.4, -0.2) is 86.3 Å². The highest BCUT2D eigenvalue weighted by molar-refractivity contribution is 5.94. The van der Waals surface area contributed by atoms with Gasteiger partial charge in [-0.15, -0.1) is 0 Å². The summed E-state index contributed by atoms with van der Waals surface area (Å²) in [5, 5.41) is 46.1. The van der Waals surface area contributed by atoms with Crippen LogP contribution in [0.4, 0.5) is 0 Å². The Morgan fingerprint density at radius 3 is 2.19 bits per heavy atom. The predicted octanol–water partition coefficient (Wildman–Crippen LogP) is -2.40. The molecule has 1 unspecified atom stereocenters. The SMILES string of the molecule is C[C@H]1C(=O)O[C@H]2[C@H](O)C34[C@@H]5OC(=O)[C@]3(O[C@@H]3OC(=O)[C@H](O)[C@]34[C@H](C(C)(C)C)[C@H]5O)[C@]12O. The molecule has 0 bridgehead atoms. The first-order valence-corrected chi connectivity index (χ1v) is 10.3. The van der Waals surface area contributed by atoms with Gasteiger partial charge in [0.15, 0.2) is 17.8 Å². The van der Waals surface area contributed by atoms with Crippen LogP contribution in [0.15, 0.2) is 0 Å². The van der Waals surface area contributed by atoms with Crippen LogP contribution in [0.25, 0.3) is 0 Å². The highest BCUT2D eigenvalue weighted by Crippen LogP contribution is 2.84. The molecule has 4 N–H and O–H groups in total. The number of aliphatic hydroxyl groups excluding tert-OH is 3. The number of aliphatic hydroxyl groups is 4. The van der Waals surface area contributed by atoms with E-state index in [1.54, 1.807) is 20.8 Å². The standard InChI is InChI=1S/C20H24O11/c1-5-12(24)28-11-8(22)18-10-6(21)7(16(2,3)4)17(18)9(23)13(25)30-15(17)31-20(18,14(26)29-10)19(5,11)27/h5-11,15,21-23,27H,1-4H3/t5-,6+,7-,8-,9-,10+,11-,15-,17+,18?,19-,20+/m0/s1. The van der Waals surface area contributed by atoms with Crippen molar-refractivity contribution in [1.29, 1.82) is 0 Å². The maximum Gasteiger partial charge on any atom is 0.343 e. The molecule has 4 aliphatic heterocycles. The summed E-state index contributed by atoms with van der Waals surface area (Å²) in [4.78, 5) is 38.3. The molecule has 6 fully saturated rings. The Hall–Kier alpha value is -1.79. The molecule has 0 aromatic rings. The van der Waals surface area contributed by atoms with Gasteiger partial charge in [0.05, 0.1) is 22.9 Å². The number of ether oxygens (including phenoxy) is 4. The van der Waals surface area contributed by atoms with Crippen molar-refractivity contribution < 1.29 is 53.8 Å². The number of hydrogen-bond acceptors (Lipinski definition) is 11. The monoisotopic (exact) mass is 440 g/mol. The average molecular weight is 440 g/mol. The fourth-order valence-corrected chi connectivity index (χ4v) is 8.27. The summed E-state index contributed by atoms with van der Waals surface area (Å²) in [7, 11) is 0. The summed E-state index contributed by atoms with van der Waals surface area (Å²) in [5.41, 5.74) is -9.40.